The monoisotopic (exact) mass is 433 g/mol. The van der Waals surface area contributed by atoms with Crippen LogP contribution in [0, 0.1) is 11.8 Å². The first kappa shape index (κ1) is 23.4. The molecular weight excluding hydrogens is 394 g/mol. The number of piperidine rings is 1. The van der Waals surface area contributed by atoms with Crippen molar-refractivity contribution < 1.29 is 0 Å². The standard InChI is InChI=1S/C24H40ClN5/c1-5-29(6-2)17-19-12-14-30(18-19)24(26-3)27-16-21-10-8-13-28(4)23(21)20-9-7-11-22(25)15-20/h7,9,11,15,19,21,23H,5-6,8,10,12-14,16-18H2,1-4H3,(H,26,27). The van der Waals surface area contributed by atoms with Crippen LogP contribution >= 0.6 is 11.6 Å². The van der Waals surface area contributed by atoms with Crippen LogP contribution in [0.2, 0.25) is 5.02 Å². The van der Waals surface area contributed by atoms with Crippen LogP contribution in [0.1, 0.15) is 44.7 Å². The highest BCUT2D eigenvalue weighted by Crippen LogP contribution is 2.35. The average molecular weight is 434 g/mol. The highest BCUT2D eigenvalue weighted by Gasteiger charge is 2.32. The molecule has 5 nitrogen and oxygen atoms in total. The Kier molecular flexibility index (Phi) is 8.84. The number of nitrogens with one attached hydrogen (secondary N) is 1. The molecule has 2 aliphatic heterocycles. The number of halogens is 1. The van der Waals surface area contributed by atoms with Crippen LogP contribution in [0.5, 0.6) is 0 Å². The van der Waals surface area contributed by atoms with E-state index in [9.17, 15) is 0 Å². The molecule has 2 heterocycles. The van der Waals surface area contributed by atoms with Crippen molar-refractivity contribution in [2.24, 2.45) is 16.8 Å². The maximum absolute atomic E-state index is 6.30. The van der Waals surface area contributed by atoms with Crippen LogP contribution in [0.15, 0.2) is 29.3 Å². The lowest BCUT2D eigenvalue weighted by Crippen LogP contribution is -2.46. The lowest BCUT2D eigenvalue weighted by Gasteiger charge is -2.40. The summed E-state index contributed by atoms with van der Waals surface area (Å²) >= 11 is 6.30. The molecule has 168 valence electrons. The van der Waals surface area contributed by atoms with Crippen molar-refractivity contribution in [2.75, 3.05) is 59.9 Å². The summed E-state index contributed by atoms with van der Waals surface area (Å²) in [5.41, 5.74) is 1.33. The number of nitrogens with zero attached hydrogens (tertiary/aromatic N) is 4. The molecule has 0 spiro atoms. The minimum atomic E-state index is 0.400. The molecule has 3 atom stereocenters. The van der Waals surface area contributed by atoms with Gasteiger partial charge in [-0.1, -0.05) is 37.6 Å². The molecule has 0 aliphatic carbocycles. The van der Waals surface area contributed by atoms with Gasteiger partial charge in [-0.3, -0.25) is 9.89 Å². The minimum Gasteiger partial charge on any atom is -0.356 e. The maximum Gasteiger partial charge on any atom is 0.193 e. The Morgan fingerprint density at radius 2 is 2.03 bits per heavy atom. The van der Waals surface area contributed by atoms with Gasteiger partial charge in [0.15, 0.2) is 5.96 Å². The van der Waals surface area contributed by atoms with Crippen molar-refractivity contribution in [3.05, 3.63) is 34.9 Å². The summed E-state index contributed by atoms with van der Waals surface area (Å²) in [5.74, 6) is 2.35. The van der Waals surface area contributed by atoms with E-state index < -0.39 is 0 Å². The zero-order chi connectivity index (χ0) is 21.5. The highest BCUT2D eigenvalue weighted by molar-refractivity contribution is 6.30. The molecule has 6 heteroatoms. The first-order chi connectivity index (χ1) is 14.5. The quantitative estimate of drug-likeness (QED) is 0.521. The van der Waals surface area contributed by atoms with Crippen LogP contribution in [0.4, 0.5) is 0 Å². The molecule has 3 rings (SSSR count). The SMILES string of the molecule is CCN(CC)CC1CCN(C(=NC)NCC2CCCN(C)C2c2cccc(Cl)c2)C1. The topological polar surface area (TPSA) is 34.1 Å². The van der Waals surface area contributed by atoms with E-state index in [0.29, 0.717) is 12.0 Å². The predicted octanol–water partition coefficient (Wildman–Crippen LogP) is 3.96. The molecular formula is C24H40ClN5. The van der Waals surface area contributed by atoms with Gasteiger partial charge in [0, 0.05) is 44.3 Å². The van der Waals surface area contributed by atoms with E-state index in [1.54, 1.807) is 0 Å². The third-order valence-corrected chi connectivity index (χ3v) is 7.16. The molecule has 2 saturated heterocycles. The van der Waals surface area contributed by atoms with E-state index in [4.69, 9.17) is 11.6 Å². The van der Waals surface area contributed by atoms with E-state index in [1.807, 2.05) is 13.1 Å². The molecule has 1 aromatic rings. The molecule has 30 heavy (non-hydrogen) atoms. The van der Waals surface area contributed by atoms with Crippen molar-refractivity contribution in [3.63, 3.8) is 0 Å². The number of likely N-dealkylation sites (tertiary alicyclic amines) is 2. The summed E-state index contributed by atoms with van der Waals surface area (Å²) in [6, 6.07) is 8.79. The third kappa shape index (κ3) is 5.89. The number of aliphatic imine (C=N–C) groups is 1. The molecule has 0 amide bonds. The first-order valence-corrected chi connectivity index (χ1v) is 12.1. The van der Waals surface area contributed by atoms with Gasteiger partial charge in [-0.2, -0.15) is 0 Å². The molecule has 2 aliphatic rings. The van der Waals surface area contributed by atoms with Crippen LogP contribution < -0.4 is 5.32 Å². The van der Waals surface area contributed by atoms with Gasteiger partial charge < -0.3 is 15.1 Å². The lowest BCUT2D eigenvalue weighted by atomic mass is 9.85. The van der Waals surface area contributed by atoms with Gasteiger partial charge >= 0.3 is 0 Å². The van der Waals surface area contributed by atoms with Gasteiger partial charge in [0.05, 0.1) is 0 Å². The van der Waals surface area contributed by atoms with Gasteiger partial charge in [-0.25, -0.2) is 0 Å². The van der Waals surface area contributed by atoms with E-state index >= 15 is 0 Å². The van der Waals surface area contributed by atoms with Crippen LogP contribution in [0.3, 0.4) is 0 Å². The molecule has 3 unspecified atom stereocenters. The van der Waals surface area contributed by atoms with Gasteiger partial charge in [-0.05, 0) is 75.5 Å². The Bertz CT molecular complexity index is 690. The lowest BCUT2D eigenvalue weighted by molar-refractivity contribution is 0.122. The molecule has 0 radical (unpaired) electrons. The fourth-order valence-corrected chi connectivity index (χ4v) is 5.47. The smallest absolute Gasteiger partial charge is 0.193 e. The largest absolute Gasteiger partial charge is 0.356 e. The average Bonchev–Trinajstić information content (AvgIpc) is 3.21. The summed E-state index contributed by atoms with van der Waals surface area (Å²) in [7, 11) is 4.16. The van der Waals surface area contributed by atoms with Crippen LogP contribution in [-0.2, 0) is 0 Å². The van der Waals surface area contributed by atoms with E-state index in [1.165, 1.54) is 31.4 Å². The van der Waals surface area contributed by atoms with Crippen molar-refractivity contribution in [3.8, 4) is 0 Å². The minimum absolute atomic E-state index is 0.400. The second-order valence-electron chi connectivity index (χ2n) is 8.90. The number of benzene rings is 1. The van der Waals surface area contributed by atoms with Crippen LogP contribution in [-0.4, -0.2) is 80.6 Å². The Morgan fingerprint density at radius 1 is 1.23 bits per heavy atom. The zero-order valence-electron chi connectivity index (χ0n) is 19.3. The van der Waals surface area contributed by atoms with Crippen molar-refractivity contribution >= 4 is 17.6 Å². The molecule has 0 aromatic heterocycles. The number of hydrogen-bond donors (Lipinski definition) is 1. The fourth-order valence-electron chi connectivity index (χ4n) is 5.27. The Hall–Kier alpha value is -1.30. The Labute approximate surface area is 188 Å². The highest BCUT2D eigenvalue weighted by atomic mass is 35.5. The maximum atomic E-state index is 6.30. The third-order valence-electron chi connectivity index (χ3n) is 6.93. The fraction of sp³-hybridized carbons (Fsp3) is 0.708. The Morgan fingerprint density at radius 3 is 2.73 bits per heavy atom. The second-order valence-corrected chi connectivity index (χ2v) is 9.33. The zero-order valence-corrected chi connectivity index (χ0v) is 20.0. The Balaban J connectivity index is 1.59. The first-order valence-electron chi connectivity index (χ1n) is 11.7. The van der Waals surface area contributed by atoms with Crippen molar-refractivity contribution in [1.29, 1.82) is 0 Å². The van der Waals surface area contributed by atoms with Crippen molar-refractivity contribution in [1.82, 2.24) is 20.0 Å². The summed E-state index contributed by atoms with van der Waals surface area (Å²) in [5, 5.41) is 4.54. The van der Waals surface area contributed by atoms with Crippen LogP contribution in [0.25, 0.3) is 0 Å². The molecule has 0 saturated carbocycles. The van der Waals surface area contributed by atoms with E-state index in [-0.39, 0.29) is 0 Å². The summed E-state index contributed by atoms with van der Waals surface area (Å²) in [6.07, 6.45) is 3.73. The van der Waals surface area contributed by atoms with Gasteiger partial charge in [0.2, 0.25) is 0 Å². The molecule has 0 bridgehead atoms. The van der Waals surface area contributed by atoms with Gasteiger partial charge in [0.1, 0.15) is 0 Å². The normalized spacial score (nSPS) is 25.9. The van der Waals surface area contributed by atoms with E-state index in [2.05, 4.69) is 64.1 Å². The second kappa shape index (κ2) is 11.4. The number of guanidine groups is 1. The van der Waals surface area contributed by atoms with Gasteiger partial charge in [0.25, 0.3) is 0 Å². The van der Waals surface area contributed by atoms with E-state index in [0.717, 1.165) is 56.2 Å². The number of rotatable bonds is 7. The molecule has 2 fully saturated rings. The summed E-state index contributed by atoms with van der Waals surface area (Å²) in [6.45, 7) is 12.3. The number of hydrogen-bond acceptors (Lipinski definition) is 3. The summed E-state index contributed by atoms with van der Waals surface area (Å²) < 4.78 is 0. The summed E-state index contributed by atoms with van der Waals surface area (Å²) in [4.78, 5) is 12.1. The molecule has 1 aromatic carbocycles. The molecule has 1 N–H and O–H groups in total. The van der Waals surface area contributed by atoms with Gasteiger partial charge in [-0.15, -0.1) is 0 Å². The predicted molar refractivity (Wildman–Crippen MR) is 128 cm³/mol. The van der Waals surface area contributed by atoms with Crippen molar-refractivity contribution in [2.45, 2.75) is 39.2 Å².